The van der Waals surface area contributed by atoms with E-state index in [0.717, 1.165) is 22.9 Å². The molecule has 0 aliphatic carbocycles. The van der Waals surface area contributed by atoms with E-state index in [1.54, 1.807) is 66.8 Å². The second-order valence-corrected chi connectivity index (χ2v) is 10.1. The van der Waals surface area contributed by atoms with Crippen LogP contribution in [0.3, 0.4) is 0 Å². The highest BCUT2D eigenvalue weighted by atomic mass is 16.5. The quantitative estimate of drug-likeness (QED) is 0.261. The van der Waals surface area contributed by atoms with Crippen LogP contribution in [-0.4, -0.2) is 84.8 Å². The van der Waals surface area contributed by atoms with Gasteiger partial charge in [-0.2, -0.15) is 10.2 Å². The van der Waals surface area contributed by atoms with E-state index in [4.69, 9.17) is 9.73 Å². The molecule has 1 unspecified atom stereocenters. The molecule has 0 saturated heterocycles. The fourth-order valence-corrected chi connectivity index (χ4v) is 4.72. The topological polar surface area (TPSA) is 117 Å². The Bertz CT molecular complexity index is 1670. The number of aromatic nitrogens is 2. The Morgan fingerprint density at radius 3 is 2.27 bits per heavy atom. The summed E-state index contributed by atoms with van der Waals surface area (Å²) in [7, 11) is 7.02. The number of rotatable bonds is 8. The number of hydrogen-bond acceptors (Lipinski definition) is 8. The Morgan fingerprint density at radius 1 is 0.878 bits per heavy atom. The standard InChI is InChI=1S/C31H30N6O4/c1-36(2)13-14-37(3)30(39)19-7-10-24(11-8-19)34-28(20-5-6-22-17-32-33-18-23(22)15-20)27-25-12-9-21(31(40)41-4)16-26(25)35-29(27)38/h5-12,15-18,27H,13-14H2,1-4H3,(H,35,38). The van der Waals surface area contributed by atoms with E-state index in [1.165, 1.54) is 7.11 Å². The fraction of sp³-hybridized carbons (Fsp3) is 0.226. The molecule has 10 nitrogen and oxygen atoms in total. The van der Waals surface area contributed by atoms with Gasteiger partial charge in [0.15, 0.2) is 0 Å². The Morgan fingerprint density at radius 2 is 1.56 bits per heavy atom. The molecule has 2 amide bonds. The Hall–Kier alpha value is -4.96. The van der Waals surface area contributed by atoms with Crippen molar-refractivity contribution in [1.29, 1.82) is 0 Å². The van der Waals surface area contributed by atoms with Crippen LogP contribution in [0.2, 0.25) is 0 Å². The summed E-state index contributed by atoms with van der Waals surface area (Å²) in [5, 5.41) is 12.6. The van der Waals surface area contributed by atoms with E-state index in [1.807, 2.05) is 37.2 Å². The fourth-order valence-electron chi connectivity index (χ4n) is 4.72. The molecule has 1 aliphatic heterocycles. The summed E-state index contributed by atoms with van der Waals surface area (Å²) in [5.74, 6) is -1.56. The molecule has 0 spiro atoms. The lowest BCUT2D eigenvalue weighted by atomic mass is 9.89. The number of benzene rings is 3. The van der Waals surface area contributed by atoms with Crippen LogP contribution in [0.15, 0.2) is 78.0 Å². The van der Waals surface area contributed by atoms with Crippen LogP contribution in [0.4, 0.5) is 11.4 Å². The van der Waals surface area contributed by atoms with Crippen LogP contribution in [0.5, 0.6) is 0 Å². The molecule has 2 heterocycles. The first-order chi connectivity index (χ1) is 19.7. The zero-order chi connectivity index (χ0) is 29.1. The smallest absolute Gasteiger partial charge is 0.337 e. The predicted molar refractivity (Wildman–Crippen MR) is 157 cm³/mol. The first-order valence-corrected chi connectivity index (χ1v) is 13.1. The third-order valence-corrected chi connectivity index (χ3v) is 7.01. The maximum absolute atomic E-state index is 13.4. The number of hydrogen-bond donors (Lipinski definition) is 1. The molecule has 10 heteroatoms. The summed E-state index contributed by atoms with van der Waals surface area (Å²) in [6.07, 6.45) is 3.34. The predicted octanol–water partition coefficient (Wildman–Crippen LogP) is 3.91. The highest BCUT2D eigenvalue weighted by Crippen LogP contribution is 2.37. The second-order valence-electron chi connectivity index (χ2n) is 10.1. The van der Waals surface area contributed by atoms with Crippen LogP contribution in [0.1, 0.15) is 37.8 Å². The van der Waals surface area contributed by atoms with E-state index < -0.39 is 11.9 Å². The van der Waals surface area contributed by atoms with Crippen molar-refractivity contribution in [3.05, 3.63) is 95.3 Å². The minimum absolute atomic E-state index is 0.0799. The maximum atomic E-state index is 13.4. The molecule has 1 aliphatic rings. The lowest BCUT2D eigenvalue weighted by molar-refractivity contribution is -0.115. The summed E-state index contributed by atoms with van der Waals surface area (Å²) < 4.78 is 4.84. The molecule has 5 rings (SSSR count). The minimum atomic E-state index is -0.734. The van der Waals surface area contributed by atoms with Crippen molar-refractivity contribution in [3.63, 3.8) is 0 Å². The van der Waals surface area contributed by atoms with Crippen LogP contribution >= 0.6 is 0 Å². The van der Waals surface area contributed by atoms with E-state index >= 15 is 0 Å². The molecule has 1 atom stereocenters. The highest BCUT2D eigenvalue weighted by molar-refractivity contribution is 6.24. The molecule has 0 bridgehead atoms. The molecule has 0 fully saturated rings. The first-order valence-electron chi connectivity index (χ1n) is 13.1. The number of carbonyl (C=O) groups is 3. The summed E-state index contributed by atoms with van der Waals surface area (Å²) in [6, 6.07) is 17.8. The molecule has 208 valence electrons. The summed E-state index contributed by atoms with van der Waals surface area (Å²) in [6.45, 7) is 1.37. The third kappa shape index (κ3) is 5.82. The number of likely N-dealkylation sites (N-methyl/N-ethyl adjacent to an activating group) is 2. The lowest BCUT2D eigenvalue weighted by Crippen LogP contribution is -2.33. The van der Waals surface area contributed by atoms with E-state index in [9.17, 15) is 14.4 Å². The Balaban J connectivity index is 1.54. The number of nitrogens with zero attached hydrogens (tertiary/aromatic N) is 5. The SMILES string of the molecule is COC(=O)c1ccc2c(c1)NC(=O)C2C(=Nc1ccc(C(=O)N(C)CCN(C)C)cc1)c1ccc2cnncc2c1. The number of methoxy groups -OCH3 is 1. The minimum Gasteiger partial charge on any atom is -0.465 e. The third-order valence-electron chi connectivity index (χ3n) is 7.01. The number of anilines is 1. The summed E-state index contributed by atoms with van der Waals surface area (Å²) in [5.41, 5.74) is 3.97. The summed E-state index contributed by atoms with van der Waals surface area (Å²) >= 11 is 0. The van der Waals surface area contributed by atoms with Gasteiger partial charge in [0.05, 0.1) is 36.5 Å². The number of aliphatic imine (C=N–C) groups is 1. The number of esters is 1. The van der Waals surface area contributed by atoms with Gasteiger partial charge in [-0.3, -0.25) is 14.6 Å². The molecule has 0 saturated carbocycles. The molecule has 4 aromatic rings. The van der Waals surface area contributed by atoms with E-state index in [-0.39, 0.29) is 11.8 Å². The van der Waals surface area contributed by atoms with Gasteiger partial charge in [-0.05, 0) is 67.7 Å². The van der Waals surface area contributed by atoms with Crippen molar-refractivity contribution in [3.8, 4) is 0 Å². The van der Waals surface area contributed by atoms with Crippen molar-refractivity contribution < 1.29 is 19.1 Å². The highest BCUT2D eigenvalue weighted by Gasteiger charge is 2.36. The van der Waals surface area contributed by atoms with Gasteiger partial charge in [-0.1, -0.05) is 18.2 Å². The van der Waals surface area contributed by atoms with Gasteiger partial charge in [0, 0.05) is 42.2 Å². The number of carbonyl (C=O) groups excluding carboxylic acids is 3. The van der Waals surface area contributed by atoms with Crippen molar-refractivity contribution in [2.45, 2.75) is 5.92 Å². The van der Waals surface area contributed by atoms with Gasteiger partial charge in [0.25, 0.3) is 5.91 Å². The van der Waals surface area contributed by atoms with Gasteiger partial charge in [0.2, 0.25) is 5.91 Å². The molecular formula is C31H30N6O4. The Kier molecular flexibility index (Phi) is 7.84. The van der Waals surface area contributed by atoms with Gasteiger partial charge in [0.1, 0.15) is 5.92 Å². The van der Waals surface area contributed by atoms with Crippen LogP contribution in [-0.2, 0) is 9.53 Å². The number of amides is 2. The number of nitrogens with one attached hydrogen (secondary N) is 1. The maximum Gasteiger partial charge on any atom is 0.337 e. The van der Waals surface area contributed by atoms with Gasteiger partial charge in [-0.25, -0.2) is 4.79 Å². The van der Waals surface area contributed by atoms with Gasteiger partial charge >= 0.3 is 5.97 Å². The van der Waals surface area contributed by atoms with Crippen LogP contribution in [0, 0.1) is 0 Å². The van der Waals surface area contributed by atoms with E-state index in [0.29, 0.717) is 40.3 Å². The molecule has 3 aromatic carbocycles. The molecule has 1 N–H and O–H groups in total. The second kappa shape index (κ2) is 11.6. The molecule has 1 aromatic heterocycles. The zero-order valence-electron chi connectivity index (χ0n) is 23.3. The zero-order valence-corrected chi connectivity index (χ0v) is 23.3. The van der Waals surface area contributed by atoms with Gasteiger partial charge in [-0.15, -0.1) is 0 Å². The summed E-state index contributed by atoms with van der Waals surface area (Å²) in [4.78, 5) is 47.0. The largest absolute Gasteiger partial charge is 0.465 e. The van der Waals surface area contributed by atoms with Crippen LogP contribution in [0.25, 0.3) is 10.8 Å². The van der Waals surface area contributed by atoms with Crippen molar-refractivity contribution in [1.82, 2.24) is 20.0 Å². The monoisotopic (exact) mass is 550 g/mol. The average molecular weight is 551 g/mol. The normalized spacial score (nSPS) is 14.6. The van der Waals surface area contributed by atoms with E-state index in [2.05, 4.69) is 15.5 Å². The molecular weight excluding hydrogens is 520 g/mol. The number of fused-ring (bicyclic) bond motifs is 2. The Labute approximate surface area is 237 Å². The van der Waals surface area contributed by atoms with Gasteiger partial charge < -0.3 is 19.9 Å². The lowest BCUT2D eigenvalue weighted by Gasteiger charge is -2.19. The van der Waals surface area contributed by atoms with Crippen molar-refractivity contribution >= 4 is 45.6 Å². The number of ether oxygens (including phenoxy) is 1. The van der Waals surface area contributed by atoms with Crippen molar-refractivity contribution in [2.75, 3.05) is 46.7 Å². The van der Waals surface area contributed by atoms with Crippen LogP contribution < -0.4 is 5.32 Å². The molecule has 0 radical (unpaired) electrons. The average Bonchev–Trinajstić information content (AvgIpc) is 3.32. The van der Waals surface area contributed by atoms with Crippen molar-refractivity contribution in [2.24, 2.45) is 4.99 Å². The molecule has 41 heavy (non-hydrogen) atoms. The first kappa shape index (κ1) is 27.6.